The molecule has 0 aromatic rings. The van der Waals surface area contributed by atoms with Crippen molar-refractivity contribution in [3.8, 4) is 0 Å². The van der Waals surface area contributed by atoms with Crippen molar-refractivity contribution in [3.05, 3.63) is 4.13 Å². The lowest BCUT2D eigenvalue weighted by molar-refractivity contribution is -0.867. The van der Waals surface area contributed by atoms with E-state index in [1.807, 2.05) is 0 Å². The Hall–Kier alpha value is -0.600. The molecule has 1 saturated heterocycles. The fourth-order valence-electron chi connectivity index (χ4n) is 1.51. The van der Waals surface area contributed by atoms with Crippen molar-refractivity contribution in [3.63, 3.8) is 0 Å². The van der Waals surface area contributed by atoms with E-state index in [1.54, 1.807) is 4.90 Å². The number of alkyl halides is 6. The number of nitrogens with one attached hydrogen (secondary N) is 1. The minimum absolute atomic E-state index is 0.778. The molecule has 134 valence electrons. The van der Waals surface area contributed by atoms with Gasteiger partial charge in [-0.1, -0.05) is 6.92 Å². The first-order valence-corrected chi connectivity index (χ1v) is 8.56. The third kappa shape index (κ3) is 6.26. The molecule has 14 heteroatoms. The van der Waals surface area contributed by atoms with Crippen LogP contribution in [0.15, 0.2) is 0 Å². The van der Waals surface area contributed by atoms with Crippen LogP contribution in [-0.4, -0.2) is 48.0 Å². The van der Waals surface area contributed by atoms with E-state index in [-0.39, 0.29) is 0 Å². The minimum atomic E-state index is -6.72. The molecule has 0 bridgehead atoms. The summed E-state index contributed by atoms with van der Waals surface area (Å²) in [7, 11) is -11.2. The van der Waals surface area contributed by atoms with E-state index >= 15 is 0 Å². The highest BCUT2D eigenvalue weighted by Gasteiger charge is 2.46. The van der Waals surface area contributed by atoms with E-state index in [0.29, 0.717) is 0 Å². The van der Waals surface area contributed by atoms with Gasteiger partial charge in [-0.2, -0.15) is 26.3 Å². The molecule has 2 atom stereocenters. The van der Waals surface area contributed by atoms with Crippen LogP contribution in [0.5, 0.6) is 0 Å². The summed E-state index contributed by atoms with van der Waals surface area (Å²) in [6.07, 6.45) is 1.44. The Morgan fingerprint density at radius 1 is 0.955 bits per heavy atom. The highest BCUT2D eigenvalue weighted by Crippen LogP contribution is 2.36. The van der Waals surface area contributed by atoms with Crippen molar-refractivity contribution in [1.82, 2.24) is 0 Å². The monoisotopic (exact) mass is 380 g/mol. The smallest absolute Gasteiger partial charge is 0.421 e. The molecule has 1 aliphatic heterocycles. The van der Waals surface area contributed by atoms with Gasteiger partial charge in [0, 0.05) is 12.3 Å². The summed E-state index contributed by atoms with van der Waals surface area (Å²) in [6, 6.07) is 0. The summed E-state index contributed by atoms with van der Waals surface area (Å²) < 4.78 is 109. The summed E-state index contributed by atoms with van der Waals surface area (Å²) in [6.45, 7) is 5.11. The normalized spacial score (nSPS) is 23.8. The zero-order valence-corrected chi connectivity index (χ0v) is 13.0. The van der Waals surface area contributed by atoms with Crippen LogP contribution in [0.25, 0.3) is 4.13 Å². The SMILES string of the molecule is CC1CC[NH+](C)C1.O=S(=O)([N-]S(=O)(=O)C(F)(F)F)C(F)(F)F. The molecule has 0 aliphatic carbocycles. The highest BCUT2D eigenvalue weighted by atomic mass is 32.3. The molecule has 0 saturated carbocycles. The first kappa shape index (κ1) is 21.4. The maximum Gasteiger partial charge on any atom is 0.480 e. The standard InChI is InChI=1S/C6H13N.C2F6NO4S2/c1-6-3-4-7(2)5-6;3-1(4,5)14(10,11)9-15(12,13)2(6,7)8/h6H,3-5H2,1-2H3;/q;-1/p+1. The molecular weight excluding hydrogens is 366 g/mol. The Morgan fingerprint density at radius 2 is 1.32 bits per heavy atom. The fourth-order valence-corrected chi connectivity index (χ4v) is 3.22. The molecule has 0 radical (unpaired) electrons. The molecule has 1 heterocycles. The average molecular weight is 380 g/mol. The topological polar surface area (TPSA) is 86.8 Å². The first-order chi connectivity index (χ1) is 9.49. The molecule has 1 fully saturated rings. The molecule has 0 aromatic heterocycles. The second kappa shape index (κ2) is 6.88. The number of hydrogen-bond donors (Lipinski definition) is 1. The van der Waals surface area contributed by atoms with Gasteiger partial charge >= 0.3 is 11.0 Å². The Kier molecular flexibility index (Phi) is 6.69. The lowest BCUT2D eigenvalue weighted by Crippen LogP contribution is -3.07. The molecule has 1 rings (SSSR count). The summed E-state index contributed by atoms with van der Waals surface area (Å²) >= 11 is 0. The number of halogens is 6. The summed E-state index contributed by atoms with van der Waals surface area (Å²) in [4.78, 5) is 1.70. The fraction of sp³-hybridized carbons (Fsp3) is 1.00. The van der Waals surface area contributed by atoms with Crippen LogP contribution in [-0.2, 0) is 20.0 Å². The average Bonchev–Trinajstić information content (AvgIpc) is 2.58. The molecule has 22 heavy (non-hydrogen) atoms. The molecule has 2 unspecified atom stereocenters. The van der Waals surface area contributed by atoms with Gasteiger partial charge in [-0.15, -0.1) is 0 Å². The lowest BCUT2D eigenvalue weighted by Gasteiger charge is -2.22. The van der Waals surface area contributed by atoms with Gasteiger partial charge in [-0.3, -0.25) is 0 Å². The van der Waals surface area contributed by atoms with Gasteiger partial charge < -0.3 is 9.03 Å². The van der Waals surface area contributed by atoms with E-state index in [2.05, 4.69) is 14.0 Å². The third-order valence-corrected chi connectivity index (χ3v) is 5.28. The number of nitrogens with zero attached hydrogens (tertiary/aromatic N) is 1. The number of hydrogen-bond acceptors (Lipinski definition) is 4. The van der Waals surface area contributed by atoms with Crippen molar-refractivity contribution in [2.45, 2.75) is 24.4 Å². The maximum atomic E-state index is 11.4. The van der Waals surface area contributed by atoms with Crippen molar-refractivity contribution < 1.29 is 48.1 Å². The number of sulfonamides is 2. The zero-order valence-electron chi connectivity index (χ0n) is 11.4. The molecular formula is C8H14F6N2O4S2. The van der Waals surface area contributed by atoms with E-state index < -0.39 is 31.1 Å². The second-order valence-corrected chi connectivity index (χ2v) is 8.14. The predicted molar refractivity (Wildman–Crippen MR) is 63.7 cm³/mol. The molecule has 1 aliphatic rings. The quantitative estimate of drug-likeness (QED) is 0.711. The van der Waals surface area contributed by atoms with Gasteiger partial charge in [-0.05, 0) is 0 Å². The van der Waals surface area contributed by atoms with E-state index in [0.717, 1.165) is 10.0 Å². The first-order valence-electron chi connectivity index (χ1n) is 5.67. The molecule has 0 spiro atoms. The van der Waals surface area contributed by atoms with Crippen LogP contribution in [0.3, 0.4) is 0 Å². The predicted octanol–water partition coefficient (Wildman–Crippen LogP) is 0.600. The van der Waals surface area contributed by atoms with Crippen LogP contribution in [0.1, 0.15) is 13.3 Å². The van der Waals surface area contributed by atoms with Crippen molar-refractivity contribution in [2.24, 2.45) is 5.92 Å². The summed E-state index contributed by atoms with van der Waals surface area (Å²) in [5, 5.41) is 0. The summed E-state index contributed by atoms with van der Waals surface area (Å²) in [5.41, 5.74) is -12.4. The van der Waals surface area contributed by atoms with Crippen molar-refractivity contribution >= 4 is 20.0 Å². The van der Waals surface area contributed by atoms with Crippen LogP contribution in [0, 0.1) is 5.92 Å². The highest BCUT2D eigenvalue weighted by molar-refractivity contribution is 8.13. The van der Waals surface area contributed by atoms with Gasteiger partial charge in [0.2, 0.25) is 0 Å². The van der Waals surface area contributed by atoms with E-state index in [9.17, 15) is 43.2 Å². The van der Waals surface area contributed by atoms with Gasteiger partial charge in [0.25, 0.3) is 0 Å². The van der Waals surface area contributed by atoms with Gasteiger partial charge in [0.15, 0.2) is 20.0 Å². The van der Waals surface area contributed by atoms with Gasteiger partial charge in [0.05, 0.1) is 20.1 Å². The zero-order chi connectivity index (χ0) is 18.0. The number of quaternary nitrogens is 1. The Bertz CT molecular complexity index is 518. The van der Waals surface area contributed by atoms with Crippen molar-refractivity contribution in [2.75, 3.05) is 20.1 Å². The molecule has 1 N–H and O–H groups in total. The second-order valence-electron chi connectivity index (χ2n) is 4.72. The summed E-state index contributed by atoms with van der Waals surface area (Å²) in [5.74, 6) is 0.986. The van der Waals surface area contributed by atoms with E-state index in [1.165, 1.54) is 19.5 Å². The largest absolute Gasteiger partial charge is 0.480 e. The lowest BCUT2D eigenvalue weighted by atomic mass is 10.2. The maximum absolute atomic E-state index is 11.4. The number of rotatable bonds is 2. The van der Waals surface area contributed by atoms with Crippen LogP contribution in [0.2, 0.25) is 0 Å². The Balaban J connectivity index is 0.000000518. The third-order valence-electron chi connectivity index (χ3n) is 2.54. The van der Waals surface area contributed by atoms with E-state index in [4.69, 9.17) is 0 Å². The van der Waals surface area contributed by atoms with Crippen molar-refractivity contribution in [1.29, 1.82) is 0 Å². The Labute approximate surface area is 123 Å². The number of likely N-dealkylation sites (tertiary alicyclic amines) is 1. The van der Waals surface area contributed by atoms with Crippen LogP contribution >= 0.6 is 0 Å². The minimum Gasteiger partial charge on any atom is -0.421 e. The van der Waals surface area contributed by atoms with Crippen LogP contribution < -0.4 is 4.90 Å². The van der Waals surface area contributed by atoms with Crippen LogP contribution in [0.4, 0.5) is 26.3 Å². The van der Waals surface area contributed by atoms with Gasteiger partial charge in [0.1, 0.15) is 0 Å². The molecule has 6 nitrogen and oxygen atoms in total. The van der Waals surface area contributed by atoms with Gasteiger partial charge in [-0.25, -0.2) is 16.8 Å². The molecule has 0 aromatic carbocycles. The Morgan fingerprint density at radius 3 is 1.45 bits per heavy atom. The molecule has 0 amide bonds.